The molecule has 2 nitrogen and oxygen atoms in total. The summed E-state index contributed by atoms with van der Waals surface area (Å²) in [6, 6.07) is 8.63. The van der Waals surface area contributed by atoms with Gasteiger partial charge >= 0.3 is 0 Å². The Morgan fingerprint density at radius 3 is 2.19 bits per heavy atom. The van der Waals surface area contributed by atoms with Crippen LogP contribution in [0, 0.1) is 5.92 Å². The zero-order chi connectivity index (χ0) is 15.9. The van der Waals surface area contributed by atoms with Gasteiger partial charge in [-0.3, -0.25) is 0 Å². The van der Waals surface area contributed by atoms with Gasteiger partial charge in [-0.25, -0.2) is 0 Å². The maximum absolute atomic E-state index is 6.16. The number of benzene rings is 1. The van der Waals surface area contributed by atoms with Crippen LogP contribution >= 0.6 is 0 Å². The van der Waals surface area contributed by atoms with Crippen LogP contribution < -0.4 is 10.1 Å². The molecule has 0 bridgehead atoms. The van der Waals surface area contributed by atoms with Crippen molar-refractivity contribution in [2.75, 3.05) is 13.1 Å². The zero-order valence-corrected chi connectivity index (χ0v) is 14.7. The van der Waals surface area contributed by atoms with Crippen LogP contribution in [0.3, 0.4) is 0 Å². The van der Waals surface area contributed by atoms with Gasteiger partial charge in [-0.05, 0) is 48.4 Å². The van der Waals surface area contributed by atoms with Gasteiger partial charge in [0.2, 0.25) is 0 Å². The van der Waals surface area contributed by atoms with E-state index in [9.17, 15) is 0 Å². The van der Waals surface area contributed by atoms with Crippen molar-refractivity contribution in [2.45, 2.75) is 65.9 Å². The average molecular weight is 291 g/mol. The molecule has 0 aliphatic heterocycles. The summed E-state index contributed by atoms with van der Waals surface area (Å²) in [6.07, 6.45) is 2.52. The predicted octanol–water partition coefficient (Wildman–Crippen LogP) is 4.78. The summed E-state index contributed by atoms with van der Waals surface area (Å²) >= 11 is 0. The van der Waals surface area contributed by atoms with Gasteiger partial charge in [-0.2, -0.15) is 0 Å². The van der Waals surface area contributed by atoms with Crippen LogP contribution in [0.4, 0.5) is 0 Å². The van der Waals surface area contributed by atoms with Crippen LogP contribution in [0.1, 0.15) is 59.9 Å². The van der Waals surface area contributed by atoms with E-state index < -0.39 is 0 Å². The molecule has 0 saturated carbocycles. The van der Waals surface area contributed by atoms with Gasteiger partial charge in [0.1, 0.15) is 11.9 Å². The highest BCUT2D eigenvalue weighted by Crippen LogP contribution is 2.28. The van der Waals surface area contributed by atoms with Crippen LogP contribution in [0.25, 0.3) is 0 Å². The Morgan fingerprint density at radius 2 is 1.71 bits per heavy atom. The Morgan fingerprint density at radius 1 is 1.10 bits per heavy atom. The van der Waals surface area contributed by atoms with Crippen molar-refractivity contribution in [3.63, 3.8) is 0 Å². The smallest absolute Gasteiger partial charge is 0.119 e. The van der Waals surface area contributed by atoms with Crippen LogP contribution in [-0.4, -0.2) is 19.2 Å². The zero-order valence-electron chi connectivity index (χ0n) is 14.7. The topological polar surface area (TPSA) is 21.3 Å². The maximum Gasteiger partial charge on any atom is 0.119 e. The van der Waals surface area contributed by atoms with Crippen molar-refractivity contribution >= 4 is 0 Å². The quantitative estimate of drug-likeness (QED) is 0.661. The van der Waals surface area contributed by atoms with Crippen molar-refractivity contribution in [2.24, 2.45) is 5.92 Å². The highest BCUT2D eigenvalue weighted by atomic mass is 16.5. The second kappa shape index (κ2) is 8.43. The summed E-state index contributed by atoms with van der Waals surface area (Å²) in [5.74, 6) is 1.48. The molecule has 120 valence electrons. The first-order valence-electron chi connectivity index (χ1n) is 8.38. The molecule has 0 spiro atoms. The van der Waals surface area contributed by atoms with Crippen LogP contribution in [0.5, 0.6) is 5.75 Å². The third-order valence-corrected chi connectivity index (χ3v) is 4.32. The van der Waals surface area contributed by atoms with Crippen molar-refractivity contribution in [1.29, 1.82) is 0 Å². The monoisotopic (exact) mass is 291 g/mol. The highest BCUT2D eigenvalue weighted by molar-refractivity contribution is 5.31. The number of rotatable bonds is 9. The van der Waals surface area contributed by atoms with Gasteiger partial charge < -0.3 is 10.1 Å². The van der Waals surface area contributed by atoms with Crippen LogP contribution in [-0.2, 0) is 5.41 Å². The fraction of sp³-hybridized carbons (Fsp3) is 0.684. The van der Waals surface area contributed by atoms with E-state index in [-0.39, 0.29) is 11.5 Å². The first-order valence-corrected chi connectivity index (χ1v) is 8.38. The van der Waals surface area contributed by atoms with Crippen molar-refractivity contribution < 1.29 is 4.74 Å². The summed E-state index contributed by atoms with van der Waals surface area (Å²) in [5.41, 5.74) is 1.61. The van der Waals surface area contributed by atoms with E-state index in [0.717, 1.165) is 31.7 Å². The standard InChI is InChI=1S/C19H33NO/c1-7-13-20-14-18(15(3)4)21-17-11-9-16(10-12-17)19(5,6)8-2/h9-12,15,18,20H,7-8,13-14H2,1-6H3. The molecule has 21 heavy (non-hydrogen) atoms. The molecule has 1 unspecified atom stereocenters. The van der Waals surface area contributed by atoms with Crippen LogP contribution in [0.15, 0.2) is 24.3 Å². The van der Waals surface area contributed by atoms with E-state index in [4.69, 9.17) is 4.74 Å². The fourth-order valence-corrected chi connectivity index (χ4v) is 2.20. The van der Waals surface area contributed by atoms with Gasteiger partial charge in [-0.15, -0.1) is 0 Å². The summed E-state index contributed by atoms with van der Waals surface area (Å²) in [4.78, 5) is 0. The molecule has 1 N–H and O–H groups in total. The molecule has 0 fully saturated rings. The van der Waals surface area contributed by atoms with Crippen molar-refractivity contribution in [1.82, 2.24) is 5.32 Å². The van der Waals surface area contributed by atoms with E-state index in [1.807, 2.05) is 0 Å². The molecule has 1 rings (SSSR count). The largest absolute Gasteiger partial charge is 0.489 e. The van der Waals surface area contributed by atoms with Gasteiger partial charge in [0.05, 0.1) is 0 Å². The normalized spacial score (nSPS) is 13.5. The Kier molecular flexibility index (Phi) is 7.24. The third-order valence-electron chi connectivity index (χ3n) is 4.32. The van der Waals surface area contributed by atoms with Gasteiger partial charge in [0.15, 0.2) is 0 Å². The van der Waals surface area contributed by atoms with E-state index in [1.54, 1.807) is 0 Å². The first kappa shape index (κ1) is 18.0. The molecule has 0 heterocycles. The Hall–Kier alpha value is -1.02. The number of ether oxygens (including phenoxy) is 1. The predicted molar refractivity (Wildman–Crippen MR) is 92.2 cm³/mol. The molecule has 1 atom stereocenters. The lowest BCUT2D eigenvalue weighted by Gasteiger charge is -2.25. The van der Waals surface area contributed by atoms with E-state index in [1.165, 1.54) is 5.56 Å². The van der Waals surface area contributed by atoms with E-state index in [2.05, 4.69) is 71.1 Å². The second-order valence-electron chi connectivity index (χ2n) is 6.87. The molecule has 1 aromatic carbocycles. The van der Waals surface area contributed by atoms with Gasteiger partial charge in [0.25, 0.3) is 0 Å². The van der Waals surface area contributed by atoms with Crippen LogP contribution in [0.2, 0.25) is 0 Å². The Balaban J connectivity index is 2.67. The molecule has 0 aliphatic rings. The highest BCUT2D eigenvalue weighted by Gasteiger charge is 2.19. The number of hydrogen-bond acceptors (Lipinski definition) is 2. The van der Waals surface area contributed by atoms with Crippen molar-refractivity contribution in [3.8, 4) is 5.75 Å². The minimum Gasteiger partial charge on any atom is -0.489 e. The summed E-state index contributed by atoms with van der Waals surface area (Å²) < 4.78 is 6.16. The molecular weight excluding hydrogens is 258 g/mol. The minimum absolute atomic E-state index is 0.224. The van der Waals surface area contributed by atoms with E-state index >= 15 is 0 Å². The third kappa shape index (κ3) is 5.70. The lowest BCUT2D eigenvalue weighted by molar-refractivity contribution is 0.149. The van der Waals surface area contributed by atoms with E-state index in [0.29, 0.717) is 5.92 Å². The summed E-state index contributed by atoms with van der Waals surface area (Å²) in [7, 11) is 0. The lowest BCUT2D eigenvalue weighted by Crippen LogP contribution is -2.35. The van der Waals surface area contributed by atoms with Gasteiger partial charge in [0, 0.05) is 6.54 Å². The van der Waals surface area contributed by atoms with Gasteiger partial charge in [-0.1, -0.05) is 53.7 Å². The number of nitrogens with one attached hydrogen (secondary N) is 1. The molecule has 0 amide bonds. The fourth-order valence-electron chi connectivity index (χ4n) is 2.20. The summed E-state index contributed by atoms with van der Waals surface area (Å²) in [6.45, 7) is 15.4. The molecule has 2 heteroatoms. The minimum atomic E-state index is 0.224. The first-order chi connectivity index (χ1) is 9.90. The second-order valence-corrected chi connectivity index (χ2v) is 6.87. The van der Waals surface area contributed by atoms with Crippen molar-refractivity contribution in [3.05, 3.63) is 29.8 Å². The lowest BCUT2D eigenvalue weighted by atomic mass is 9.82. The molecule has 0 saturated heterocycles. The molecular formula is C19H33NO. The average Bonchev–Trinajstić information content (AvgIpc) is 2.46. The molecule has 0 aromatic heterocycles. The Bertz CT molecular complexity index is 395. The molecule has 0 aliphatic carbocycles. The number of hydrogen-bond donors (Lipinski definition) is 1. The molecule has 1 aromatic rings. The summed E-state index contributed by atoms with van der Waals surface area (Å²) in [5, 5.41) is 3.46. The maximum atomic E-state index is 6.16. The Labute approximate surface area is 131 Å². The SMILES string of the molecule is CCCNCC(Oc1ccc(C(C)(C)CC)cc1)C(C)C. The molecule has 0 radical (unpaired) electrons.